The summed E-state index contributed by atoms with van der Waals surface area (Å²) >= 11 is 0. The van der Waals surface area contributed by atoms with Gasteiger partial charge in [0.1, 0.15) is 0 Å². The number of carbonyl (C=O) groups excluding carboxylic acids is 1. The maximum absolute atomic E-state index is 12.0. The van der Waals surface area contributed by atoms with E-state index in [9.17, 15) is 9.59 Å². The Labute approximate surface area is 127 Å². The maximum atomic E-state index is 12.0. The molecular formula is C15H16N4O3. The van der Waals surface area contributed by atoms with Gasteiger partial charge in [0, 0.05) is 12.1 Å². The number of benzene rings is 1. The zero-order valence-electron chi connectivity index (χ0n) is 11.9. The van der Waals surface area contributed by atoms with Crippen LogP contribution in [0.4, 0.5) is 4.79 Å². The van der Waals surface area contributed by atoms with Crippen LogP contribution in [0.3, 0.4) is 0 Å². The Balaban J connectivity index is 1.67. The van der Waals surface area contributed by atoms with E-state index >= 15 is 0 Å². The number of aliphatic carboxylic acids is 1. The lowest BCUT2D eigenvalue weighted by atomic mass is 10.3. The predicted molar refractivity (Wildman–Crippen MR) is 78.5 cm³/mol. The van der Waals surface area contributed by atoms with Crippen molar-refractivity contribution in [2.75, 3.05) is 6.54 Å². The highest BCUT2D eigenvalue weighted by Gasteiger charge is 2.27. The summed E-state index contributed by atoms with van der Waals surface area (Å²) in [5.41, 5.74) is 2.95. The lowest BCUT2D eigenvalue weighted by molar-refractivity contribution is -0.136. The molecular weight excluding hydrogens is 284 g/mol. The number of urea groups is 1. The molecule has 1 aliphatic rings. The van der Waals surface area contributed by atoms with Gasteiger partial charge in [-0.3, -0.25) is 4.79 Å². The minimum atomic E-state index is -0.926. The van der Waals surface area contributed by atoms with Gasteiger partial charge in [-0.25, -0.2) is 9.48 Å². The molecule has 2 N–H and O–H groups in total. The molecule has 1 aliphatic heterocycles. The third-order valence-electron chi connectivity index (χ3n) is 3.56. The Morgan fingerprint density at radius 3 is 2.73 bits per heavy atom. The first-order valence-corrected chi connectivity index (χ1v) is 7.01. The molecule has 0 saturated carbocycles. The topological polar surface area (TPSA) is 87.5 Å². The van der Waals surface area contributed by atoms with Crippen LogP contribution in [0.5, 0.6) is 0 Å². The second-order valence-corrected chi connectivity index (χ2v) is 5.10. The summed E-state index contributed by atoms with van der Waals surface area (Å²) < 4.78 is 1.83. The van der Waals surface area contributed by atoms with Crippen molar-refractivity contribution in [1.82, 2.24) is 20.0 Å². The number of hydrogen-bond donors (Lipinski definition) is 2. The first-order chi connectivity index (χ1) is 10.6. The van der Waals surface area contributed by atoms with E-state index in [2.05, 4.69) is 10.4 Å². The summed E-state index contributed by atoms with van der Waals surface area (Å²) in [6.07, 6.45) is 1.69. The molecule has 3 rings (SSSR count). The highest BCUT2D eigenvalue weighted by molar-refractivity contribution is 5.76. The van der Waals surface area contributed by atoms with Gasteiger partial charge in [-0.1, -0.05) is 18.2 Å². The van der Waals surface area contributed by atoms with Crippen LogP contribution in [-0.2, 0) is 17.9 Å². The summed E-state index contributed by atoms with van der Waals surface area (Å²) in [4.78, 5) is 24.1. The fraction of sp³-hybridized carbons (Fsp3) is 0.267. The minimum Gasteiger partial charge on any atom is -0.481 e. The molecule has 114 valence electrons. The molecule has 1 aromatic heterocycles. The van der Waals surface area contributed by atoms with Gasteiger partial charge < -0.3 is 15.3 Å². The second-order valence-electron chi connectivity index (χ2n) is 5.10. The number of nitrogens with zero attached hydrogens (tertiary/aromatic N) is 3. The van der Waals surface area contributed by atoms with Gasteiger partial charge in [0.2, 0.25) is 0 Å². The van der Waals surface area contributed by atoms with Gasteiger partial charge in [-0.05, 0) is 12.1 Å². The quantitative estimate of drug-likeness (QED) is 0.892. The van der Waals surface area contributed by atoms with E-state index < -0.39 is 5.97 Å². The number of amides is 2. The fourth-order valence-electron chi connectivity index (χ4n) is 2.47. The standard InChI is InChI=1S/C15H16N4O3/c20-14(21)6-7-16-15(22)18-9-11-8-17-19(13(11)10-18)12-4-2-1-3-5-12/h1-5,8H,6-7,9-10H2,(H,16,22)(H,20,21). The molecule has 0 bridgehead atoms. The smallest absolute Gasteiger partial charge is 0.318 e. The number of carboxylic acids is 1. The number of carbonyl (C=O) groups is 2. The summed E-state index contributed by atoms with van der Waals surface area (Å²) in [6, 6.07) is 9.49. The first-order valence-electron chi connectivity index (χ1n) is 7.01. The van der Waals surface area contributed by atoms with Crippen molar-refractivity contribution in [3.05, 3.63) is 47.8 Å². The zero-order valence-corrected chi connectivity index (χ0v) is 11.9. The minimum absolute atomic E-state index is 0.0790. The molecule has 2 amide bonds. The van der Waals surface area contributed by atoms with Crippen molar-refractivity contribution in [2.24, 2.45) is 0 Å². The van der Waals surface area contributed by atoms with Crippen molar-refractivity contribution in [3.8, 4) is 5.69 Å². The van der Waals surface area contributed by atoms with Crippen LogP contribution in [-0.4, -0.2) is 38.3 Å². The molecule has 0 aliphatic carbocycles. The van der Waals surface area contributed by atoms with Crippen LogP contribution >= 0.6 is 0 Å². The van der Waals surface area contributed by atoms with Crippen molar-refractivity contribution in [1.29, 1.82) is 0 Å². The molecule has 0 saturated heterocycles. The molecule has 2 aromatic rings. The average Bonchev–Trinajstić information content (AvgIpc) is 3.07. The summed E-state index contributed by atoms with van der Waals surface area (Å²) in [5.74, 6) is -0.926. The van der Waals surface area contributed by atoms with E-state index in [4.69, 9.17) is 5.11 Å². The maximum Gasteiger partial charge on any atom is 0.318 e. The molecule has 0 fully saturated rings. The number of carboxylic acid groups (broad SMARTS) is 1. The van der Waals surface area contributed by atoms with Crippen LogP contribution in [0.2, 0.25) is 0 Å². The van der Waals surface area contributed by atoms with Crippen molar-refractivity contribution < 1.29 is 14.7 Å². The molecule has 0 spiro atoms. The van der Waals surface area contributed by atoms with Crippen molar-refractivity contribution in [3.63, 3.8) is 0 Å². The summed E-state index contributed by atoms with van der Waals surface area (Å²) in [6.45, 7) is 1.08. The van der Waals surface area contributed by atoms with Crippen LogP contribution in [0, 0.1) is 0 Å². The largest absolute Gasteiger partial charge is 0.481 e. The van der Waals surface area contributed by atoms with E-state index in [1.807, 2.05) is 35.0 Å². The molecule has 0 radical (unpaired) electrons. The van der Waals surface area contributed by atoms with Gasteiger partial charge in [-0.15, -0.1) is 0 Å². The van der Waals surface area contributed by atoms with Gasteiger partial charge in [0.25, 0.3) is 0 Å². The molecule has 0 atom stereocenters. The van der Waals surface area contributed by atoms with Gasteiger partial charge in [-0.2, -0.15) is 5.10 Å². The second kappa shape index (κ2) is 5.88. The number of hydrogen-bond acceptors (Lipinski definition) is 3. The third kappa shape index (κ3) is 2.78. The first kappa shape index (κ1) is 14.1. The number of para-hydroxylation sites is 1. The van der Waals surface area contributed by atoms with E-state index in [1.165, 1.54) is 0 Å². The van der Waals surface area contributed by atoms with E-state index in [0.29, 0.717) is 13.1 Å². The van der Waals surface area contributed by atoms with Crippen LogP contribution in [0.1, 0.15) is 17.7 Å². The average molecular weight is 300 g/mol. The van der Waals surface area contributed by atoms with Crippen LogP contribution in [0.15, 0.2) is 36.5 Å². The molecule has 2 heterocycles. The Morgan fingerprint density at radius 1 is 1.23 bits per heavy atom. The van der Waals surface area contributed by atoms with Gasteiger partial charge >= 0.3 is 12.0 Å². The number of fused-ring (bicyclic) bond motifs is 1. The van der Waals surface area contributed by atoms with Gasteiger partial charge in [0.15, 0.2) is 0 Å². The summed E-state index contributed by atoms with van der Waals surface area (Å²) in [7, 11) is 0. The normalized spacial score (nSPS) is 13.0. The molecule has 7 heteroatoms. The molecule has 0 unspecified atom stereocenters. The monoisotopic (exact) mass is 300 g/mol. The van der Waals surface area contributed by atoms with Crippen molar-refractivity contribution >= 4 is 12.0 Å². The van der Waals surface area contributed by atoms with E-state index in [1.54, 1.807) is 11.1 Å². The fourth-order valence-corrected chi connectivity index (χ4v) is 2.47. The van der Waals surface area contributed by atoms with Crippen LogP contribution in [0.25, 0.3) is 5.69 Å². The Morgan fingerprint density at radius 2 is 2.00 bits per heavy atom. The van der Waals surface area contributed by atoms with Gasteiger partial charge in [0.05, 0.1) is 37.1 Å². The Kier molecular flexibility index (Phi) is 3.78. The molecule has 7 nitrogen and oxygen atoms in total. The Hall–Kier alpha value is -2.83. The molecule has 22 heavy (non-hydrogen) atoms. The van der Waals surface area contributed by atoms with E-state index in [0.717, 1.165) is 16.9 Å². The number of aromatic nitrogens is 2. The zero-order chi connectivity index (χ0) is 15.5. The van der Waals surface area contributed by atoms with E-state index in [-0.39, 0.29) is 19.0 Å². The highest BCUT2D eigenvalue weighted by Crippen LogP contribution is 2.24. The molecule has 1 aromatic carbocycles. The predicted octanol–water partition coefficient (Wildman–Crippen LogP) is 1.37. The highest BCUT2D eigenvalue weighted by atomic mass is 16.4. The SMILES string of the molecule is O=C(O)CCNC(=O)N1Cc2cnn(-c3ccccc3)c2C1. The summed E-state index contributed by atoms with van der Waals surface area (Å²) in [5, 5.41) is 15.6. The Bertz CT molecular complexity index is 696. The van der Waals surface area contributed by atoms with Crippen LogP contribution < -0.4 is 5.32 Å². The third-order valence-corrected chi connectivity index (χ3v) is 3.56. The lowest BCUT2D eigenvalue weighted by Gasteiger charge is -2.16. The number of nitrogens with one attached hydrogen (secondary N) is 1. The van der Waals surface area contributed by atoms with Crippen molar-refractivity contribution in [2.45, 2.75) is 19.5 Å². The lowest BCUT2D eigenvalue weighted by Crippen LogP contribution is -2.37. The number of rotatable bonds is 4.